The molecule has 0 rings (SSSR count). The number of hydrogen-bond donors (Lipinski definition) is 0. The molecule has 0 saturated heterocycles. The van der Waals surface area contributed by atoms with E-state index >= 15 is 0 Å². The van der Waals surface area contributed by atoms with Crippen molar-refractivity contribution in [1.82, 2.24) is 0 Å². The molecule has 4 unspecified atom stereocenters. The van der Waals surface area contributed by atoms with Crippen LogP contribution in [0.4, 0.5) is 0 Å². The Balaban J connectivity index is 6.62. The SMILES string of the molecule is C=C(C)C(=O)OC(CCCCCCC)OC(OCCCCCCCC)C(OCCCCCCCC)(OC(CCCCCCC)OC(=O)C(=C)C)P=O. The first-order valence-electron chi connectivity index (χ1n) is 20.8. The van der Waals surface area contributed by atoms with Crippen molar-refractivity contribution in [3.05, 3.63) is 24.3 Å². The van der Waals surface area contributed by atoms with Crippen molar-refractivity contribution in [1.29, 1.82) is 0 Å². The van der Waals surface area contributed by atoms with E-state index < -0.39 is 44.8 Å². The third kappa shape index (κ3) is 25.4. The summed E-state index contributed by atoms with van der Waals surface area (Å²) in [7, 11) is -0.570. The molecule has 9 nitrogen and oxygen atoms in total. The van der Waals surface area contributed by atoms with Gasteiger partial charge in [-0.1, -0.05) is 156 Å². The van der Waals surface area contributed by atoms with Gasteiger partial charge in [0, 0.05) is 30.6 Å². The Morgan fingerprint density at radius 3 is 1.38 bits per heavy atom. The van der Waals surface area contributed by atoms with E-state index in [1.54, 1.807) is 13.8 Å². The van der Waals surface area contributed by atoms with Crippen LogP contribution in [0.2, 0.25) is 0 Å². The van der Waals surface area contributed by atoms with Crippen LogP contribution in [0.3, 0.4) is 0 Å². The van der Waals surface area contributed by atoms with Crippen molar-refractivity contribution >= 4 is 20.4 Å². The standard InChI is InChI=1S/C42H77O9P/c1-9-13-17-21-25-29-33-46-41(50-37(48-39(43)35(5)6)31-27-23-19-15-11-3)42(52-45,47-34-30-26-22-18-14-10-2)51-38(49-40(44)36(7)8)32-28-24-20-16-12-4/h37-38,41H,5,7,9-34H2,1-4,6,8H3. The maximum absolute atomic E-state index is 13.5. The number of carbonyl (C=O) groups excluding carboxylic acids is 2. The van der Waals surface area contributed by atoms with Gasteiger partial charge >= 0.3 is 17.5 Å². The van der Waals surface area contributed by atoms with Gasteiger partial charge in [-0.05, 0) is 39.5 Å². The molecule has 0 aliphatic carbocycles. The van der Waals surface area contributed by atoms with Crippen molar-refractivity contribution in [3.63, 3.8) is 0 Å². The van der Waals surface area contributed by atoms with E-state index in [1.165, 1.54) is 12.8 Å². The van der Waals surface area contributed by atoms with Gasteiger partial charge in [0.25, 0.3) is 0 Å². The van der Waals surface area contributed by atoms with Crippen molar-refractivity contribution in [2.24, 2.45) is 0 Å². The smallest absolute Gasteiger partial charge is 0.335 e. The highest BCUT2D eigenvalue weighted by Crippen LogP contribution is 2.38. The lowest BCUT2D eigenvalue weighted by Gasteiger charge is -2.38. The van der Waals surface area contributed by atoms with E-state index in [0.717, 1.165) is 122 Å². The lowest BCUT2D eigenvalue weighted by molar-refractivity contribution is -0.366. The molecule has 0 aliphatic rings. The van der Waals surface area contributed by atoms with E-state index in [2.05, 4.69) is 40.9 Å². The summed E-state index contributed by atoms with van der Waals surface area (Å²) in [5, 5.41) is 0. The quantitative estimate of drug-likeness (QED) is 0.0200. The van der Waals surface area contributed by atoms with Gasteiger partial charge < -0.3 is 23.7 Å². The van der Waals surface area contributed by atoms with Crippen LogP contribution >= 0.6 is 8.46 Å². The lowest BCUT2D eigenvalue weighted by atomic mass is 10.1. The molecule has 0 fully saturated rings. The second-order valence-corrected chi connectivity index (χ2v) is 15.0. The maximum Gasteiger partial charge on any atom is 0.335 e. The Hall–Kier alpha value is -1.64. The third-order valence-corrected chi connectivity index (χ3v) is 9.54. The first-order chi connectivity index (χ1) is 25.1. The monoisotopic (exact) mass is 757 g/mol. The Morgan fingerprint density at radius 1 is 0.558 bits per heavy atom. The summed E-state index contributed by atoms with van der Waals surface area (Å²) in [4.78, 5) is 25.7. The second-order valence-electron chi connectivity index (χ2n) is 14.2. The minimum atomic E-state index is -2.01. The molecule has 0 aromatic rings. The van der Waals surface area contributed by atoms with Crippen LogP contribution in [0, 0.1) is 0 Å². The summed E-state index contributed by atoms with van der Waals surface area (Å²) in [6, 6.07) is 0. The average Bonchev–Trinajstić information content (AvgIpc) is 3.12. The molecule has 10 heteroatoms. The minimum absolute atomic E-state index is 0.215. The zero-order valence-electron chi connectivity index (χ0n) is 34.2. The molecule has 0 aromatic carbocycles. The number of unbranched alkanes of at least 4 members (excludes halogenated alkanes) is 18. The van der Waals surface area contributed by atoms with E-state index in [1.807, 2.05) is 0 Å². The highest BCUT2D eigenvalue weighted by molar-refractivity contribution is 7.25. The zero-order valence-corrected chi connectivity index (χ0v) is 35.0. The van der Waals surface area contributed by atoms with Gasteiger partial charge in [0.2, 0.25) is 27.3 Å². The molecule has 0 bridgehead atoms. The topological polar surface area (TPSA) is 107 Å². The molecule has 0 aliphatic heterocycles. The van der Waals surface area contributed by atoms with Crippen LogP contribution in [0.1, 0.15) is 196 Å². The predicted octanol–water partition coefficient (Wildman–Crippen LogP) is 12.7. The van der Waals surface area contributed by atoms with Crippen LogP contribution in [-0.2, 0) is 42.6 Å². The highest BCUT2D eigenvalue weighted by atomic mass is 31.1. The van der Waals surface area contributed by atoms with Gasteiger partial charge in [-0.25, -0.2) is 9.59 Å². The lowest BCUT2D eigenvalue weighted by Crippen LogP contribution is -2.50. The van der Waals surface area contributed by atoms with Crippen molar-refractivity contribution < 1.29 is 42.6 Å². The van der Waals surface area contributed by atoms with E-state index in [9.17, 15) is 14.2 Å². The summed E-state index contributed by atoms with van der Waals surface area (Å²) < 4.78 is 50.9. The molecule has 304 valence electrons. The molecule has 4 atom stereocenters. The summed E-state index contributed by atoms with van der Waals surface area (Å²) in [5.41, 5.74) is -1.55. The fourth-order valence-electron chi connectivity index (χ4n) is 5.54. The largest absolute Gasteiger partial charge is 0.432 e. The van der Waals surface area contributed by atoms with Crippen molar-refractivity contribution in [3.8, 4) is 0 Å². The second kappa shape index (κ2) is 33.9. The normalized spacial score (nSPS) is 14.4. The van der Waals surface area contributed by atoms with Gasteiger partial charge in [0.05, 0.1) is 6.61 Å². The molecule has 0 amide bonds. The summed E-state index contributed by atoms with van der Waals surface area (Å²) in [6.07, 6.45) is 19.5. The van der Waals surface area contributed by atoms with Crippen LogP contribution in [0.5, 0.6) is 0 Å². The van der Waals surface area contributed by atoms with Gasteiger partial charge in [0.15, 0.2) is 0 Å². The molecule has 0 radical (unpaired) electrons. The van der Waals surface area contributed by atoms with Gasteiger partial charge in [-0.15, -0.1) is 0 Å². The van der Waals surface area contributed by atoms with Crippen LogP contribution in [-0.4, -0.2) is 49.6 Å². The summed E-state index contributed by atoms with van der Waals surface area (Å²) in [6.45, 7) is 19.8. The van der Waals surface area contributed by atoms with Gasteiger partial charge in [-0.2, -0.15) is 0 Å². The molecule has 0 N–H and O–H groups in total. The molecule has 0 saturated carbocycles. The summed E-state index contributed by atoms with van der Waals surface area (Å²) >= 11 is 0. The van der Waals surface area contributed by atoms with E-state index in [0.29, 0.717) is 19.3 Å². The number of carbonyl (C=O) groups is 2. The number of rotatable bonds is 38. The molecule has 52 heavy (non-hydrogen) atoms. The fourth-order valence-corrected chi connectivity index (χ4v) is 6.07. The Bertz CT molecular complexity index is 942. The minimum Gasteiger partial charge on any atom is -0.432 e. The number of esters is 2. The maximum atomic E-state index is 13.5. The Kier molecular flexibility index (Phi) is 32.8. The van der Waals surface area contributed by atoms with Crippen LogP contribution < -0.4 is 0 Å². The zero-order chi connectivity index (χ0) is 38.9. The number of hydrogen-bond acceptors (Lipinski definition) is 9. The van der Waals surface area contributed by atoms with Crippen LogP contribution in [0.25, 0.3) is 0 Å². The molecule has 0 heterocycles. The molecular formula is C42H77O9P. The fraction of sp³-hybridized carbons (Fsp3) is 0.857. The third-order valence-electron chi connectivity index (χ3n) is 8.84. The molecule has 0 aromatic heterocycles. The average molecular weight is 757 g/mol. The Morgan fingerprint density at radius 2 is 0.942 bits per heavy atom. The predicted molar refractivity (Wildman–Crippen MR) is 211 cm³/mol. The van der Waals surface area contributed by atoms with Crippen LogP contribution in [0.15, 0.2) is 24.3 Å². The molecule has 0 spiro atoms. The summed E-state index contributed by atoms with van der Waals surface area (Å²) in [5.74, 6) is -1.20. The highest BCUT2D eigenvalue weighted by Gasteiger charge is 2.49. The van der Waals surface area contributed by atoms with Gasteiger partial charge in [0.1, 0.15) is 0 Å². The van der Waals surface area contributed by atoms with Crippen molar-refractivity contribution in [2.75, 3.05) is 13.2 Å². The van der Waals surface area contributed by atoms with Gasteiger partial charge in [-0.3, -0.25) is 9.30 Å². The number of ether oxygens (including phenoxy) is 6. The first kappa shape index (κ1) is 50.4. The molecular weight excluding hydrogens is 679 g/mol. The van der Waals surface area contributed by atoms with E-state index in [-0.39, 0.29) is 24.4 Å². The Labute approximate surface area is 319 Å². The van der Waals surface area contributed by atoms with E-state index in [4.69, 9.17) is 28.4 Å². The van der Waals surface area contributed by atoms with Crippen molar-refractivity contribution in [2.45, 2.75) is 220 Å². The first-order valence-corrected chi connectivity index (χ1v) is 21.6.